The number of aryl methyl sites for hydroxylation is 2. The first-order chi connectivity index (χ1) is 13.0. The van der Waals surface area contributed by atoms with Crippen molar-refractivity contribution in [1.29, 1.82) is 0 Å². The molecular weight excluding hydrogens is 344 g/mol. The Labute approximate surface area is 159 Å². The Bertz CT molecular complexity index is 803. The zero-order valence-corrected chi connectivity index (χ0v) is 16.0. The number of hydrogen-bond acceptors (Lipinski definition) is 5. The second kappa shape index (κ2) is 8.35. The summed E-state index contributed by atoms with van der Waals surface area (Å²) in [5, 5.41) is 5.90. The molecule has 2 atom stereocenters. The van der Waals surface area contributed by atoms with Crippen LogP contribution in [0.5, 0.6) is 0 Å². The molecule has 144 valence electrons. The third-order valence-electron chi connectivity index (χ3n) is 4.73. The van der Waals surface area contributed by atoms with Crippen LogP contribution in [0, 0.1) is 13.8 Å². The lowest BCUT2D eigenvalue weighted by Gasteiger charge is -2.23. The zero-order chi connectivity index (χ0) is 19.4. The molecule has 7 nitrogen and oxygen atoms in total. The molecule has 0 radical (unpaired) electrons. The minimum Gasteiger partial charge on any atom is -0.436 e. The van der Waals surface area contributed by atoms with E-state index >= 15 is 0 Å². The van der Waals surface area contributed by atoms with Crippen molar-refractivity contribution in [2.45, 2.75) is 45.8 Å². The number of amides is 2. The highest BCUT2D eigenvalue weighted by atomic mass is 16.4. The van der Waals surface area contributed by atoms with Crippen molar-refractivity contribution in [3.05, 3.63) is 53.2 Å². The van der Waals surface area contributed by atoms with Crippen LogP contribution in [0.2, 0.25) is 0 Å². The minimum atomic E-state index is -0.283. The van der Waals surface area contributed by atoms with Gasteiger partial charge in [0.2, 0.25) is 11.7 Å². The number of aromatic nitrogens is 1. The molecule has 2 unspecified atom stereocenters. The normalized spacial score (nSPS) is 19.8. The van der Waals surface area contributed by atoms with Gasteiger partial charge in [-0.3, -0.25) is 14.5 Å². The molecule has 7 heteroatoms. The lowest BCUT2D eigenvalue weighted by molar-refractivity contribution is -0.125. The Hall–Kier alpha value is -2.67. The molecule has 1 aromatic heterocycles. The summed E-state index contributed by atoms with van der Waals surface area (Å²) < 4.78 is 5.41. The molecule has 0 saturated carbocycles. The van der Waals surface area contributed by atoms with Crippen LogP contribution in [0.4, 0.5) is 0 Å². The second-order valence-corrected chi connectivity index (χ2v) is 6.88. The van der Waals surface area contributed by atoms with E-state index in [2.05, 4.69) is 20.5 Å². The predicted octanol–water partition coefficient (Wildman–Crippen LogP) is 1.80. The van der Waals surface area contributed by atoms with Crippen molar-refractivity contribution in [1.82, 2.24) is 20.5 Å². The van der Waals surface area contributed by atoms with Gasteiger partial charge < -0.3 is 15.1 Å². The maximum atomic E-state index is 12.5. The molecule has 0 bridgehead atoms. The maximum absolute atomic E-state index is 12.5. The molecule has 1 saturated heterocycles. The largest absolute Gasteiger partial charge is 0.436 e. The van der Waals surface area contributed by atoms with Crippen LogP contribution < -0.4 is 10.6 Å². The van der Waals surface area contributed by atoms with Gasteiger partial charge in [-0.05, 0) is 25.8 Å². The van der Waals surface area contributed by atoms with E-state index in [1.54, 1.807) is 13.8 Å². The number of nitrogens with zero attached hydrogens (tertiary/aromatic N) is 2. The first kappa shape index (κ1) is 19.1. The molecule has 1 aliphatic rings. The van der Waals surface area contributed by atoms with E-state index in [-0.39, 0.29) is 29.7 Å². The summed E-state index contributed by atoms with van der Waals surface area (Å²) in [7, 11) is 0. The van der Waals surface area contributed by atoms with Crippen molar-refractivity contribution >= 4 is 11.8 Å². The molecule has 2 aromatic rings. The van der Waals surface area contributed by atoms with Crippen LogP contribution in [0.3, 0.4) is 0 Å². The van der Waals surface area contributed by atoms with Gasteiger partial charge in [-0.1, -0.05) is 30.3 Å². The van der Waals surface area contributed by atoms with E-state index < -0.39 is 0 Å². The standard InChI is InChI=1S/C20H26N4O3/c1-4-21-19(25)17-10-16(12-24(17)11-15-8-6-5-7-9-15)23-20(26)18-13(2)22-14(3)27-18/h5-9,16-17H,4,10-12H2,1-3H3,(H,21,25)(H,23,26). The van der Waals surface area contributed by atoms with Crippen molar-refractivity contribution in [2.24, 2.45) is 0 Å². The molecule has 2 amide bonds. The SMILES string of the molecule is CCNC(=O)C1CC(NC(=O)c2oc(C)nc2C)CN1Cc1ccccc1. The van der Waals surface area contributed by atoms with Gasteiger partial charge in [0.05, 0.1) is 11.7 Å². The molecule has 2 N–H and O–H groups in total. The van der Waals surface area contributed by atoms with Crippen molar-refractivity contribution < 1.29 is 14.0 Å². The lowest BCUT2D eigenvalue weighted by Crippen LogP contribution is -2.42. The Morgan fingerprint density at radius 1 is 1.26 bits per heavy atom. The van der Waals surface area contributed by atoms with Gasteiger partial charge >= 0.3 is 0 Å². The van der Waals surface area contributed by atoms with E-state index in [4.69, 9.17) is 4.42 Å². The van der Waals surface area contributed by atoms with Gasteiger partial charge in [-0.15, -0.1) is 0 Å². The first-order valence-corrected chi connectivity index (χ1v) is 9.28. The summed E-state index contributed by atoms with van der Waals surface area (Å²) in [5.41, 5.74) is 1.71. The van der Waals surface area contributed by atoms with Gasteiger partial charge in [0.15, 0.2) is 5.89 Å². The third-order valence-corrected chi connectivity index (χ3v) is 4.73. The van der Waals surface area contributed by atoms with E-state index in [0.717, 1.165) is 5.56 Å². The number of nitrogens with one attached hydrogen (secondary N) is 2. The highest BCUT2D eigenvalue weighted by Crippen LogP contribution is 2.22. The van der Waals surface area contributed by atoms with Crippen molar-refractivity contribution in [2.75, 3.05) is 13.1 Å². The highest BCUT2D eigenvalue weighted by molar-refractivity contribution is 5.92. The predicted molar refractivity (Wildman–Crippen MR) is 101 cm³/mol. The fourth-order valence-electron chi connectivity index (χ4n) is 3.56. The summed E-state index contributed by atoms with van der Waals surface area (Å²) in [5.74, 6) is 0.421. The molecule has 1 aromatic carbocycles. The Morgan fingerprint density at radius 2 is 2.00 bits per heavy atom. The van der Waals surface area contributed by atoms with Crippen LogP contribution >= 0.6 is 0 Å². The smallest absolute Gasteiger partial charge is 0.289 e. The number of oxazole rings is 1. The third kappa shape index (κ3) is 4.54. The maximum Gasteiger partial charge on any atom is 0.289 e. The van der Waals surface area contributed by atoms with Crippen LogP contribution in [0.25, 0.3) is 0 Å². The summed E-state index contributed by atoms with van der Waals surface area (Å²) in [6.07, 6.45) is 0.566. The Balaban J connectivity index is 1.71. The molecular formula is C20H26N4O3. The van der Waals surface area contributed by atoms with Crippen molar-refractivity contribution in [3.63, 3.8) is 0 Å². The minimum absolute atomic E-state index is 0.00290. The van der Waals surface area contributed by atoms with Gasteiger partial charge in [-0.25, -0.2) is 4.98 Å². The summed E-state index contributed by atoms with van der Waals surface area (Å²) >= 11 is 0. The van der Waals surface area contributed by atoms with Crippen LogP contribution in [-0.4, -0.2) is 46.9 Å². The molecule has 0 spiro atoms. The molecule has 0 aliphatic carbocycles. The average Bonchev–Trinajstić information content (AvgIpc) is 3.18. The monoisotopic (exact) mass is 370 g/mol. The van der Waals surface area contributed by atoms with Gasteiger partial charge in [-0.2, -0.15) is 0 Å². The summed E-state index contributed by atoms with van der Waals surface area (Å²) in [6.45, 7) is 7.22. The van der Waals surface area contributed by atoms with E-state index in [0.29, 0.717) is 37.6 Å². The zero-order valence-electron chi connectivity index (χ0n) is 16.0. The number of hydrogen-bond donors (Lipinski definition) is 2. The molecule has 27 heavy (non-hydrogen) atoms. The van der Waals surface area contributed by atoms with Crippen LogP contribution in [0.1, 0.15) is 41.0 Å². The Morgan fingerprint density at radius 3 is 2.63 bits per heavy atom. The van der Waals surface area contributed by atoms with Crippen LogP contribution in [-0.2, 0) is 11.3 Å². The lowest BCUT2D eigenvalue weighted by atomic mass is 10.1. The molecule has 1 fully saturated rings. The highest BCUT2D eigenvalue weighted by Gasteiger charge is 2.37. The number of carbonyl (C=O) groups excluding carboxylic acids is 2. The summed E-state index contributed by atoms with van der Waals surface area (Å²) in [4.78, 5) is 31.3. The van der Waals surface area contributed by atoms with E-state index in [9.17, 15) is 9.59 Å². The number of likely N-dealkylation sites (N-methyl/N-ethyl adjacent to an activating group) is 1. The van der Waals surface area contributed by atoms with Crippen molar-refractivity contribution in [3.8, 4) is 0 Å². The molecule has 3 rings (SSSR count). The number of carbonyl (C=O) groups is 2. The Kier molecular flexibility index (Phi) is 5.91. The van der Waals surface area contributed by atoms with E-state index in [1.807, 2.05) is 37.3 Å². The first-order valence-electron chi connectivity index (χ1n) is 9.28. The molecule has 1 aliphatic heterocycles. The van der Waals surface area contributed by atoms with Gasteiger partial charge in [0.25, 0.3) is 5.91 Å². The summed E-state index contributed by atoms with van der Waals surface area (Å²) in [6, 6.07) is 9.63. The van der Waals surface area contributed by atoms with E-state index in [1.165, 1.54) is 0 Å². The van der Waals surface area contributed by atoms with Gasteiger partial charge in [0, 0.05) is 32.6 Å². The van der Waals surface area contributed by atoms with Crippen LogP contribution in [0.15, 0.2) is 34.7 Å². The fraction of sp³-hybridized carbons (Fsp3) is 0.450. The number of benzene rings is 1. The number of likely N-dealkylation sites (tertiary alicyclic amines) is 1. The quantitative estimate of drug-likeness (QED) is 0.810. The second-order valence-electron chi connectivity index (χ2n) is 6.88. The molecule has 2 heterocycles. The topological polar surface area (TPSA) is 87.5 Å². The average molecular weight is 370 g/mol. The number of rotatable bonds is 6. The van der Waals surface area contributed by atoms with Gasteiger partial charge in [0.1, 0.15) is 0 Å². The fourth-order valence-corrected chi connectivity index (χ4v) is 3.56.